The van der Waals surface area contributed by atoms with E-state index >= 15 is 0 Å². The minimum atomic E-state index is -1.67. The van der Waals surface area contributed by atoms with Gasteiger partial charge in [-0.15, -0.1) is 0 Å². The van der Waals surface area contributed by atoms with Gasteiger partial charge < -0.3 is 8.39 Å². The molecule has 4 nitrogen and oxygen atoms in total. The van der Waals surface area contributed by atoms with Gasteiger partial charge in [0.1, 0.15) is 17.3 Å². The predicted molar refractivity (Wildman–Crippen MR) is 138 cm³/mol. The van der Waals surface area contributed by atoms with Crippen molar-refractivity contribution >= 4 is 51.7 Å². The van der Waals surface area contributed by atoms with E-state index in [2.05, 4.69) is 71.7 Å². The van der Waals surface area contributed by atoms with E-state index in [4.69, 9.17) is 12.9 Å². The van der Waals surface area contributed by atoms with E-state index in [0.717, 1.165) is 57.7 Å². The molecule has 7 rings (SSSR count). The van der Waals surface area contributed by atoms with Crippen molar-refractivity contribution in [3.63, 3.8) is 0 Å². The average Bonchev–Trinajstić information content (AvgIpc) is 3.05. The molecule has 0 N–H and O–H groups in total. The van der Waals surface area contributed by atoms with Crippen molar-refractivity contribution in [3.8, 4) is 0 Å². The van der Waals surface area contributed by atoms with Gasteiger partial charge in [-0.3, -0.25) is 9.51 Å². The molecule has 0 saturated heterocycles. The lowest BCUT2D eigenvalue weighted by atomic mass is 9.94. The van der Waals surface area contributed by atoms with Gasteiger partial charge in [0.15, 0.2) is 0 Å². The van der Waals surface area contributed by atoms with Gasteiger partial charge >= 0.3 is 8.24 Å². The van der Waals surface area contributed by atoms with Crippen LogP contribution in [-0.4, -0.2) is 4.98 Å². The Balaban J connectivity index is 1.54. The summed E-state index contributed by atoms with van der Waals surface area (Å²) in [4.78, 5) is 4.63. The van der Waals surface area contributed by atoms with E-state index in [-0.39, 0.29) is 6.10 Å². The van der Waals surface area contributed by atoms with Crippen molar-refractivity contribution in [2.45, 2.75) is 25.4 Å². The molecule has 4 aromatic carbocycles. The van der Waals surface area contributed by atoms with E-state index in [9.17, 15) is 0 Å². The minimum Gasteiger partial charge on any atom is -0.399 e. The summed E-state index contributed by atoms with van der Waals surface area (Å²) in [5.41, 5.74) is 3.83. The number of pyridine rings is 1. The van der Waals surface area contributed by atoms with Gasteiger partial charge in [0.05, 0.1) is 5.69 Å². The number of fused-ring (bicyclic) bond motifs is 8. The number of nitrogens with zero attached hydrogens (tertiary/aromatic N) is 1. The van der Waals surface area contributed by atoms with Crippen molar-refractivity contribution < 1.29 is 12.9 Å². The van der Waals surface area contributed by atoms with Crippen LogP contribution in [0.15, 0.2) is 99.5 Å². The van der Waals surface area contributed by atoms with Crippen LogP contribution in [0.2, 0.25) is 0 Å². The molecule has 1 aliphatic carbocycles. The maximum atomic E-state index is 6.53. The topological polar surface area (TPSA) is 48.4 Å². The van der Waals surface area contributed by atoms with Crippen molar-refractivity contribution in [1.29, 1.82) is 0 Å². The van der Waals surface area contributed by atoms with Crippen LogP contribution in [-0.2, 0) is 6.42 Å². The highest BCUT2D eigenvalue weighted by molar-refractivity contribution is 7.31. The average molecular weight is 463 g/mol. The van der Waals surface area contributed by atoms with E-state index < -0.39 is 8.24 Å². The Morgan fingerprint density at radius 2 is 1.38 bits per heavy atom. The third-order valence-electron chi connectivity index (χ3n) is 6.73. The van der Waals surface area contributed by atoms with E-state index in [1.807, 2.05) is 24.4 Å². The third kappa shape index (κ3) is 3.22. The first-order chi connectivity index (χ1) is 16.8. The van der Waals surface area contributed by atoms with Gasteiger partial charge in [-0.25, -0.2) is 0 Å². The van der Waals surface area contributed by atoms with E-state index in [1.165, 1.54) is 16.3 Å². The van der Waals surface area contributed by atoms with Gasteiger partial charge in [0.2, 0.25) is 0 Å². The summed E-state index contributed by atoms with van der Waals surface area (Å²) in [6.45, 7) is 0. The molecule has 1 aliphatic rings. The molecule has 34 heavy (non-hydrogen) atoms. The highest BCUT2D eigenvalue weighted by atomic mass is 31.1. The van der Waals surface area contributed by atoms with E-state index in [0.29, 0.717) is 0 Å². The first-order valence-electron chi connectivity index (χ1n) is 11.7. The normalized spacial score (nSPS) is 15.7. The maximum Gasteiger partial charge on any atom is 0.388 e. The zero-order valence-electron chi connectivity index (χ0n) is 18.5. The smallest absolute Gasteiger partial charge is 0.388 e. The number of rotatable bonds is 2. The highest BCUT2D eigenvalue weighted by Gasteiger charge is 2.25. The molecule has 5 heteroatoms. The van der Waals surface area contributed by atoms with Gasteiger partial charge in [0.25, 0.3) is 0 Å². The Labute approximate surface area is 197 Å². The molecule has 0 radical (unpaired) electrons. The number of aromatic nitrogens is 1. The molecule has 0 spiro atoms. The molecule has 0 saturated carbocycles. The largest absolute Gasteiger partial charge is 0.399 e. The lowest BCUT2D eigenvalue weighted by Crippen LogP contribution is -2.15. The summed E-state index contributed by atoms with van der Waals surface area (Å²) in [5, 5.41) is 6.73. The van der Waals surface area contributed by atoms with Crippen molar-refractivity contribution in [2.75, 3.05) is 0 Å². The van der Waals surface area contributed by atoms with Crippen LogP contribution in [0.3, 0.4) is 0 Å². The summed E-state index contributed by atoms with van der Waals surface area (Å²) < 4.78 is 19.5. The molecule has 2 aromatic heterocycles. The zero-order chi connectivity index (χ0) is 22.5. The van der Waals surface area contributed by atoms with Crippen LogP contribution in [0, 0.1) is 0 Å². The second-order valence-corrected chi connectivity index (χ2v) is 9.78. The Hall–Kier alpha value is -3.59. The molecule has 0 bridgehead atoms. The van der Waals surface area contributed by atoms with Crippen LogP contribution in [0.1, 0.15) is 30.2 Å². The predicted octanol–water partition coefficient (Wildman–Crippen LogP) is 8.50. The monoisotopic (exact) mass is 463 g/mol. The quantitative estimate of drug-likeness (QED) is 0.258. The fourth-order valence-corrected chi connectivity index (χ4v) is 6.33. The van der Waals surface area contributed by atoms with Gasteiger partial charge in [0, 0.05) is 17.0 Å². The fourth-order valence-electron chi connectivity index (χ4n) is 5.17. The lowest BCUT2D eigenvalue weighted by molar-refractivity contribution is 0.230. The molecule has 166 valence electrons. The van der Waals surface area contributed by atoms with Crippen LogP contribution in [0.4, 0.5) is 0 Å². The van der Waals surface area contributed by atoms with Crippen LogP contribution in [0.25, 0.3) is 43.5 Å². The Morgan fingerprint density at radius 3 is 2.06 bits per heavy atom. The number of benzene rings is 4. The first-order valence-corrected chi connectivity index (χ1v) is 12.8. The summed E-state index contributed by atoms with van der Waals surface area (Å²) >= 11 is 0. The summed E-state index contributed by atoms with van der Waals surface area (Å²) in [6.07, 6.45) is 4.71. The standard InChI is InChI=1S/C29H22NO3P/c1-3-11-22-19(7-1)14-16-24-27(22)28-23-12-4-2-8-20(23)15-17-25(28)32-34(31-24)33-26-13-5-9-21-10-6-18-30-29(21)26/h1-4,6-8,10-12,14-18,26H,5,9,13H2/t26-/m1/s1. The zero-order valence-corrected chi connectivity index (χ0v) is 19.4. The molecule has 2 heterocycles. The molecule has 0 unspecified atom stereocenters. The minimum absolute atomic E-state index is 0.137. The summed E-state index contributed by atoms with van der Waals surface area (Å²) in [5.74, 6) is 0. The second-order valence-electron chi connectivity index (χ2n) is 8.76. The van der Waals surface area contributed by atoms with Crippen LogP contribution < -0.4 is 4.52 Å². The molecule has 1 atom stereocenters. The van der Waals surface area contributed by atoms with Gasteiger partial charge in [-0.2, -0.15) is 0 Å². The third-order valence-corrected chi connectivity index (χ3v) is 7.85. The second kappa shape index (κ2) is 8.02. The van der Waals surface area contributed by atoms with Crippen LogP contribution >= 0.6 is 8.24 Å². The van der Waals surface area contributed by atoms with Gasteiger partial charge in [-0.05, 0) is 64.6 Å². The lowest BCUT2D eigenvalue weighted by Gasteiger charge is -2.22. The summed E-state index contributed by atoms with van der Waals surface area (Å²) in [7, 11) is -1.67. The van der Waals surface area contributed by atoms with Crippen LogP contribution in [0.5, 0.6) is 0 Å². The Morgan fingerprint density at radius 1 is 0.735 bits per heavy atom. The number of hydrogen-bond donors (Lipinski definition) is 0. The van der Waals surface area contributed by atoms with E-state index in [1.54, 1.807) is 0 Å². The SMILES string of the molecule is c1cnc2c(c1)CCC[C@H]2Op1oc2ccc3ccccc3c2c2c(ccc3ccccc32)o1. The summed E-state index contributed by atoms with van der Waals surface area (Å²) in [6, 6.07) is 29.3. The first kappa shape index (κ1) is 19.8. The van der Waals surface area contributed by atoms with Crippen molar-refractivity contribution in [3.05, 3.63) is 102 Å². The molecule has 0 aliphatic heterocycles. The Bertz CT molecular complexity index is 1640. The number of hydrogen-bond acceptors (Lipinski definition) is 4. The fraction of sp³-hybridized carbons (Fsp3) is 0.138. The highest BCUT2D eigenvalue weighted by Crippen LogP contribution is 2.43. The van der Waals surface area contributed by atoms with Gasteiger partial charge in [-0.1, -0.05) is 66.7 Å². The molecular formula is C29H22NO3P. The maximum absolute atomic E-state index is 6.53. The number of aryl methyl sites for hydroxylation is 1. The molecule has 6 aromatic rings. The Kier molecular flexibility index (Phi) is 4.68. The van der Waals surface area contributed by atoms with Crippen molar-refractivity contribution in [1.82, 2.24) is 4.98 Å². The molecule has 0 amide bonds. The molecule has 0 fully saturated rings. The van der Waals surface area contributed by atoms with Crippen molar-refractivity contribution in [2.24, 2.45) is 0 Å². The molecular weight excluding hydrogens is 441 g/mol.